The second-order valence-electron chi connectivity index (χ2n) is 10.6. The molecule has 1 spiro atoms. The Hall–Kier alpha value is -3.27. The molecular weight excluding hydrogens is 593 g/mol. The average Bonchev–Trinajstić information content (AvgIpc) is 3.19. The summed E-state index contributed by atoms with van der Waals surface area (Å²) in [5, 5.41) is 6.78. The summed E-state index contributed by atoms with van der Waals surface area (Å²) in [6.07, 6.45) is 0.132. The van der Waals surface area contributed by atoms with Crippen LogP contribution in [0, 0.1) is 18.6 Å². The lowest BCUT2D eigenvalue weighted by atomic mass is 9.59. The van der Waals surface area contributed by atoms with Gasteiger partial charge in [0.05, 0.1) is 18.1 Å². The van der Waals surface area contributed by atoms with Crippen molar-refractivity contribution in [2.24, 2.45) is 0 Å². The minimum atomic E-state index is -1.57. The van der Waals surface area contributed by atoms with Crippen LogP contribution in [0.5, 0.6) is 5.75 Å². The number of benzene rings is 3. The van der Waals surface area contributed by atoms with Gasteiger partial charge in [-0.3, -0.25) is 4.79 Å². The van der Waals surface area contributed by atoms with E-state index in [9.17, 15) is 14.0 Å². The van der Waals surface area contributed by atoms with Crippen molar-refractivity contribution in [2.45, 2.75) is 50.2 Å². The van der Waals surface area contributed by atoms with Crippen LogP contribution in [0.2, 0.25) is 10.0 Å². The number of carbonyl (C=O) groups is 2. The number of hydrogen-bond donors (Lipinski definition) is 2. The molecule has 1 fully saturated rings. The van der Waals surface area contributed by atoms with Crippen LogP contribution in [0.3, 0.4) is 0 Å². The summed E-state index contributed by atoms with van der Waals surface area (Å²) < 4.78 is 41.5. The molecule has 41 heavy (non-hydrogen) atoms. The van der Waals surface area contributed by atoms with Crippen molar-refractivity contribution < 1.29 is 27.8 Å². The predicted octanol–water partition coefficient (Wildman–Crippen LogP) is 6.95. The molecule has 1 amide bonds. The molecule has 0 bridgehead atoms. The van der Waals surface area contributed by atoms with Crippen LogP contribution in [0.4, 0.5) is 14.5 Å². The summed E-state index contributed by atoms with van der Waals surface area (Å²) in [6, 6.07) is 11.1. The normalized spacial score (nSPS) is 21.8. The minimum absolute atomic E-state index is 0.0330. The standard InChI is InChI=1S/C30H26Cl2F2N2O4S/c1-14-5-9-20(33)25(34)24(14)26-30(18-8-6-16(32)12-21(18)35-27(30)37)19(13-23(41)36-26)17-11-15(31)7-10-22(17)40-29(2,3)28(38)39-4/h5-12,19,26H,13H2,1-4H3,(H,35,37)(H,36,41)/t19-,26+,30-/m1/s1. The number of amides is 1. The van der Waals surface area contributed by atoms with Crippen molar-refractivity contribution in [3.63, 3.8) is 0 Å². The number of ether oxygens (including phenoxy) is 2. The van der Waals surface area contributed by atoms with Crippen LogP contribution in [-0.2, 0) is 19.7 Å². The SMILES string of the molecule is COC(=O)C(C)(C)Oc1ccc(Cl)cc1[C@H]1CC(=S)N[C@@H](c2c(C)ccc(F)c2F)[C@]12C(=O)Nc1cc(Cl)ccc12. The van der Waals surface area contributed by atoms with Crippen LogP contribution >= 0.6 is 35.4 Å². The number of fused-ring (bicyclic) bond motifs is 2. The molecule has 0 aromatic heterocycles. The molecule has 0 saturated carbocycles. The van der Waals surface area contributed by atoms with Gasteiger partial charge in [0.15, 0.2) is 17.2 Å². The van der Waals surface area contributed by atoms with Gasteiger partial charge in [-0.1, -0.05) is 47.6 Å². The van der Waals surface area contributed by atoms with Gasteiger partial charge in [-0.2, -0.15) is 0 Å². The summed E-state index contributed by atoms with van der Waals surface area (Å²) in [5.74, 6) is -3.78. The highest BCUT2D eigenvalue weighted by atomic mass is 35.5. The Morgan fingerprint density at radius 2 is 1.78 bits per heavy atom. The molecule has 11 heteroatoms. The van der Waals surface area contributed by atoms with Gasteiger partial charge in [-0.05, 0) is 68.3 Å². The lowest BCUT2D eigenvalue weighted by molar-refractivity contribution is -0.156. The molecule has 3 aromatic rings. The molecule has 3 aromatic carbocycles. The van der Waals surface area contributed by atoms with Gasteiger partial charge in [0.2, 0.25) is 5.91 Å². The molecule has 3 atom stereocenters. The van der Waals surface area contributed by atoms with Crippen molar-refractivity contribution in [3.05, 3.63) is 92.5 Å². The number of esters is 1. The number of carbonyl (C=O) groups excluding carboxylic acids is 2. The van der Waals surface area contributed by atoms with Crippen LogP contribution in [-0.4, -0.2) is 29.6 Å². The largest absolute Gasteiger partial charge is 0.476 e. The Kier molecular flexibility index (Phi) is 7.51. The molecule has 0 radical (unpaired) electrons. The molecule has 214 valence electrons. The molecule has 2 heterocycles. The number of thiocarbonyl (C=S) groups is 1. The summed E-state index contributed by atoms with van der Waals surface area (Å²) in [6.45, 7) is 4.74. The smallest absolute Gasteiger partial charge is 0.349 e. The lowest BCUT2D eigenvalue weighted by Crippen LogP contribution is -2.57. The Morgan fingerprint density at radius 3 is 2.49 bits per heavy atom. The lowest BCUT2D eigenvalue weighted by Gasteiger charge is -2.48. The first-order valence-corrected chi connectivity index (χ1v) is 13.9. The van der Waals surface area contributed by atoms with Crippen LogP contribution in [0.15, 0.2) is 48.5 Å². The first kappa shape index (κ1) is 29.2. The fourth-order valence-corrected chi connectivity index (χ4v) is 6.60. The molecule has 0 unspecified atom stereocenters. The number of hydrogen-bond acceptors (Lipinski definition) is 5. The molecule has 0 aliphatic carbocycles. The van der Waals surface area contributed by atoms with Crippen LogP contribution in [0.1, 0.15) is 54.5 Å². The number of methoxy groups -OCH3 is 1. The summed E-state index contributed by atoms with van der Waals surface area (Å²) in [7, 11) is 1.25. The Morgan fingerprint density at radius 1 is 1.10 bits per heavy atom. The van der Waals surface area contributed by atoms with E-state index in [-0.39, 0.29) is 17.7 Å². The number of nitrogens with one attached hydrogen (secondary N) is 2. The van der Waals surface area contributed by atoms with E-state index in [1.54, 1.807) is 57.2 Å². The second kappa shape index (κ2) is 10.5. The fourth-order valence-electron chi connectivity index (χ4n) is 5.96. The van der Waals surface area contributed by atoms with Crippen molar-refractivity contribution in [1.82, 2.24) is 5.32 Å². The third-order valence-corrected chi connectivity index (χ3v) is 8.53. The molecular formula is C30H26Cl2F2N2O4S. The van der Waals surface area contributed by atoms with Crippen molar-refractivity contribution >= 4 is 58.0 Å². The van der Waals surface area contributed by atoms with E-state index in [1.807, 2.05) is 0 Å². The monoisotopic (exact) mass is 618 g/mol. The zero-order valence-electron chi connectivity index (χ0n) is 22.5. The number of piperidine rings is 1. The summed E-state index contributed by atoms with van der Waals surface area (Å²) >= 11 is 18.4. The number of rotatable bonds is 5. The molecule has 2 N–H and O–H groups in total. The van der Waals surface area contributed by atoms with E-state index >= 15 is 4.39 Å². The van der Waals surface area contributed by atoms with Gasteiger partial charge >= 0.3 is 5.97 Å². The highest BCUT2D eigenvalue weighted by Crippen LogP contribution is 2.59. The van der Waals surface area contributed by atoms with E-state index in [1.165, 1.54) is 13.2 Å². The Balaban J connectivity index is 1.83. The van der Waals surface area contributed by atoms with E-state index in [0.29, 0.717) is 37.4 Å². The maximum absolute atomic E-state index is 15.7. The van der Waals surface area contributed by atoms with E-state index in [0.717, 1.165) is 6.07 Å². The zero-order chi connectivity index (χ0) is 29.9. The van der Waals surface area contributed by atoms with E-state index in [2.05, 4.69) is 10.6 Å². The van der Waals surface area contributed by atoms with Gasteiger partial charge < -0.3 is 20.1 Å². The quantitative estimate of drug-likeness (QED) is 0.238. The van der Waals surface area contributed by atoms with Gasteiger partial charge in [-0.15, -0.1) is 0 Å². The highest BCUT2D eigenvalue weighted by Gasteiger charge is 2.62. The first-order valence-electron chi connectivity index (χ1n) is 12.7. The molecule has 5 rings (SSSR count). The summed E-state index contributed by atoms with van der Waals surface area (Å²) in [5.41, 5.74) is -1.19. The molecule has 2 aliphatic heterocycles. The Labute approximate surface area is 251 Å². The van der Waals surface area contributed by atoms with Gasteiger partial charge in [0.1, 0.15) is 11.2 Å². The Bertz CT molecular complexity index is 1620. The highest BCUT2D eigenvalue weighted by molar-refractivity contribution is 7.80. The average molecular weight is 620 g/mol. The van der Waals surface area contributed by atoms with Crippen molar-refractivity contribution in [3.8, 4) is 5.75 Å². The number of aryl methyl sites for hydroxylation is 1. The van der Waals surface area contributed by atoms with Crippen molar-refractivity contribution in [2.75, 3.05) is 12.4 Å². The zero-order valence-corrected chi connectivity index (χ0v) is 24.9. The molecule has 2 aliphatic rings. The molecule has 1 saturated heterocycles. The van der Waals surface area contributed by atoms with E-state index < -0.39 is 46.5 Å². The third kappa shape index (κ3) is 4.73. The van der Waals surface area contributed by atoms with Gasteiger partial charge in [0, 0.05) is 39.2 Å². The molecule has 6 nitrogen and oxygen atoms in total. The summed E-state index contributed by atoms with van der Waals surface area (Å²) in [4.78, 5) is 27.2. The predicted molar refractivity (Wildman–Crippen MR) is 157 cm³/mol. The minimum Gasteiger partial charge on any atom is -0.476 e. The van der Waals surface area contributed by atoms with Crippen molar-refractivity contribution in [1.29, 1.82) is 0 Å². The maximum Gasteiger partial charge on any atom is 0.349 e. The topological polar surface area (TPSA) is 76.7 Å². The van der Waals surface area contributed by atoms with Crippen LogP contribution in [0.25, 0.3) is 0 Å². The maximum atomic E-state index is 15.7. The van der Waals surface area contributed by atoms with E-state index in [4.69, 9.17) is 44.9 Å². The third-order valence-electron chi connectivity index (χ3n) is 7.78. The number of halogens is 4. The number of anilines is 1. The van der Waals surface area contributed by atoms with Gasteiger partial charge in [-0.25, -0.2) is 13.6 Å². The first-order chi connectivity index (χ1) is 19.3. The van der Waals surface area contributed by atoms with Crippen LogP contribution < -0.4 is 15.4 Å². The fraction of sp³-hybridized carbons (Fsp3) is 0.300. The van der Waals surface area contributed by atoms with Gasteiger partial charge in [0.25, 0.3) is 0 Å². The second-order valence-corrected chi connectivity index (χ2v) is 12.0.